The molecule has 2 N–H and O–H groups in total. The zero-order chi connectivity index (χ0) is 9.03. The van der Waals surface area contributed by atoms with Gasteiger partial charge >= 0.3 is 7.82 Å². The Bertz CT molecular complexity index is 170. The highest BCUT2D eigenvalue weighted by Crippen LogP contribution is 2.38. The molecular weight excluding hydrogens is 179 g/mol. The van der Waals surface area contributed by atoms with Gasteiger partial charge in [-0.25, -0.2) is 4.57 Å². The van der Waals surface area contributed by atoms with Gasteiger partial charge in [-0.1, -0.05) is 19.3 Å². The van der Waals surface area contributed by atoms with E-state index in [1.807, 2.05) is 0 Å². The minimum Gasteiger partial charge on any atom is -0.303 e. The van der Waals surface area contributed by atoms with Crippen molar-refractivity contribution in [2.75, 3.05) is 6.61 Å². The molecule has 0 aromatic rings. The minimum absolute atomic E-state index is 0.129. The lowest BCUT2D eigenvalue weighted by atomic mass is 9.90. The number of phosphoric ester groups is 1. The van der Waals surface area contributed by atoms with Crippen LogP contribution in [0.4, 0.5) is 0 Å². The second-order valence-corrected chi connectivity index (χ2v) is 4.31. The Morgan fingerprint density at radius 3 is 2.33 bits per heavy atom. The fourth-order valence-electron chi connectivity index (χ4n) is 1.37. The minimum atomic E-state index is -4.25. The summed E-state index contributed by atoms with van der Waals surface area (Å²) in [6.07, 6.45) is 5.39. The Morgan fingerprint density at radius 1 is 1.25 bits per heavy atom. The topological polar surface area (TPSA) is 66.8 Å². The van der Waals surface area contributed by atoms with Crippen LogP contribution in [0.5, 0.6) is 0 Å². The third-order valence-electron chi connectivity index (χ3n) is 2.00. The van der Waals surface area contributed by atoms with E-state index in [9.17, 15) is 4.57 Å². The summed E-state index contributed by atoms with van der Waals surface area (Å²) in [5.74, 6) is 1.13. The summed E-state index contributed by atoms with van der Waals surface area (Å²) < 4.78 is 14.7. The molecule has 0 aromatic heterocycles. The van der Waals surface area contributed by atoms with Crippen LogP contribution in [0.3, 0.4) is 0 Å². The largest absolute Gasteiger partial charge is 0.469 e. The van der Waals surface area contributed by atoms with Crippen LogP contribution < -0.4 is 0 Å². The Morgan fingerprint density at radius 2 is 1.83 bits per heavy atom. The van der Waals surface area contributed by atoms with Gasteiger partial charge < -0.3 is 9.79 Å². The molecule has 0 heterocycles. The van der Waals surface area contributed by atoms with Gasteiger partial charge in [0.1, 0.15) is 0 Å². The molecule has 0 aromatic carbocycles. The molecule has 4 nitrogen and oxygen atoms in total. The van der Waals surface area contributed by atoms with Crippen LogP contribution in [0.1, 0.15) is 32.1 Å². The van der Waals surface area contributed by atoms with Crippen LogP contribution in [0, 0.1) is 5.92 Å². The molecule has 0 spiro atoms. The van der Waals surface area contributed by atoms with Crippen molar-refractivity contribution in [2.45, 2.75) is 32.1 Å². The fraction of sp³-hybridized carbons (Fsp3) is 0.857. The highest BCUT2D eigenvalue weighted by Gasteiger charge is 2.20. The first-order chi connectivity index (χ1) is 5.58. The second kappa shape index (κ2) is 4.38. The predicted molar refractivity (Wildman–Crippen MR) is 44.3 cm³/mol. The van der Waals surface area contributed by atoms with E-state index in [0.717, 1.165) is 31.6 Å². The quantitative estimate of drug-likeness (QED) is 0.668. The molecule has 0 bridgehead atoms. The van der Waals surface area contributed by atoms with Gasteiger partial charge in [0.15, 0.2) is 0 Å². The maximum Gasteiger partial charge on any atom is 0.469 e. The summed E-state index contributed by atoms with van der Waals surface area (Å²) in [4.78, 5) is 16.8. The molecule has 0 saturated heterocycles. The van der Waals surface area contributed by atoms with E-state index in [4.69, 9.17) is 9.79 Å². The van der Waals surface area contributed by atoms with E-state index in [1.54, 1.807) is 0 Å². The van der Waals surface area contributed by atoms with Crippen molar-refractivity contribution >= 4 is 7.82 Å². The van der Waals surface area contributed by atoms with Gasteiger partial charge in [0, 0.05) is 5.92 Å². The normalized spacial score (nSPS) is 21.2. The maximum atomic E-state index is 10.3. The van der Waals surface area contributed by atoms with E-state index in [0.29, 0.717) is 0 Å². The van der Waals surface area contributed by atoms with Gasteiger partial charge in [-0.3, -0.25) is 4.52 Å². The monoisotopic (exact) mass is 193 g/mol. The summed E-state index contributed by atoms with van der Waals surface area (Å²) in [7, 11) is -4.25. The van der Waals surface area contributed by atoms with Gasteiger partial charge in [-0.2, -0.15) is 0 Å². The van der Waals surface area contributed by atoms with E-state index >= 15 is 0 Å². The summed E-state index contributed by atoms with van der Waals surface area (Å²) in [6.45, 7) is 0.129. The van der Waals surface area contributed by atoms with Crippen LogP contribution in [0.25, 0.3) is 0 Å². The fourth-order valence-corrected chi connectivity index (χ4v) is 1.72. The average Bonchev–Trinajstić information content (AvgIpc) is 2.02. The third-order valence-corrected chi connectivity index (χ3v) is 2.46. The molecule has 1 radical (unpaired) electrons. The van der Waals surface area contributed by atoms with Gasteiger partial charge in [-0.15, -0.1) is 0 Å². The number of rotatable bonds is 3. The Kier molecular flexibility index (Phi) is 3.72. The summed E-state index contributed by atoms with van der Waals surface area (Å²) in [5.41, 5.74) is 0. The van der Waals surface area contributed by atoms with E-state index in [-0.39, 0.29) is 6.61 Å². The number of hydrogen-bond acceptors (Lipinski definition) is 2. The maximum absolute atomic E-state index is 10.3. The lowest BCUT2D eigenvalue weighted by Crippen LogP contribution is -2.10. The van der Waals surface area contributed by atoms with E-state index in [2.05, 4.69) is 4.52 Å². The molecule has 1 saturated carbocycles. The molecule has 0 aliphatic heterocycles. The Labute approximate surface area is 72.2 Å². The molecule has 1 rings (SSSR count). The summed E-state index contributed by atoms with van der Waals surface area (Å²) >= 11 is 0. The molecule has 71 valence electrons. The highest BCUT2D eigenvalue weighted by atomic mass is 31.2. The molecule has 1 aliphatic carbocycles. The third kappa shape index (κ3) is 4.21. The van der Waals surface area contributed by atoms with Gasteiger partial charge in [-0.05, 0) is 12.8 Å². The first-order valence-electron chi connectivity index (χ1n) is 4.11. The van der Waals surface area contributed by atoms with Crippen LogP contribution in [0.15, 0.2) is 0 Å². The molecule has 0 atom stereocenters. The van der Waals surface area contributed by atoms with E-state index in [1.165, 1.54) is 6.42 Å². The highest BCUT2D eigenvalue weighted by molar-refractivity contribution is 7.46. The van der Waals surface area contributed by atoms with Crippen LogP contribution >= 0.6 is 7.82 Å². The van der Waals surface area contributed by atoms with Gasteiger partial charge in [0.2, 0.25) is 0 Å². The number of hydrogen-bond donors (Lipinski definition) is 2. The predicted octanol–water partition coefficient (Wildman–Crippen LogP) is 1.63. The summed E-state index contributed by atoms with van der Waals surface area (Å²) in [6, 6.07) is 0. The van der Waals surface area contributed by atoms with Crippen LogP contribution in [-0.4, -0.2) is 16.4 Å². The van der Waals surface area contributed by atoms with Crippen molar-refractivity contribution in [1.82, 2.24) is 0 Å². The van der Waals surface area contributed by atoms with Crippen molar-refractivity contribution in [3.8, 4) is 0 Å². The van der Waals surface area contributed by atoms with Crippen molar-refractivity contribution in [3.05, 3.63) is 5.92 Å². The molecule has 12 heavy (non-hydrogen) atoms. The first-order valence-corrected chi connectivity index (χ1v) is 5.64. The van der Waals surface area contributed by atoms with Crippen molar-refractivity contribution in [2.24, 2.45) is 0 Å². The van der Waals surface area contributed by atoms with Crippen LogP contribution in [0.2, 0.25) is 0 Å². The smallest absolute Gasteiger partial charge is 0.303 e. The molecule has 0 amide bonds. The molecule has 5 heteroatoms. The lowest BCUT2D eigenvalue weighted by molar-refractivity contribution is 0.195. The van der Waals surface area contributed by atoms with Gasteiger partial charge in [0.05, 0.1) is 6.61 Å². The van der Waals surface area contributed by atoms with Crippen molar-refractivity contribution in [3.63, 3.8) is 0 Å². The van der Waals surface area contributed by atoms with Gasteiger partial charge in [0.25, 0.3) is 0 Å². The Balaban J connectivity index is 2.17. The standard InChI is InChI=1S/C7H14O4P/c8-12(9,10)11-6-7-4-2-1-3-5-7/h1-6H2,(H2,8,9,10). The SMILES string of the molecule is O=P(O)(O)OC[C]1CCCCC1. The molecular formula is C7H14O4P. The zero-order valence-corrected chi connectivity index (χ0v) is 7.80. The molecule has 1 aliphatic rings. The van der Waals surface area contributed by atoms with Crippen LogP contribution in [-0.2, 0) is 9.09 Å². The second-order valence-electron chi connectivity index (χ2n) is 3.07. The first kappa shape index (κ1) is 10.2. The number of phosphoric acid groups is 1. The van der Waals surface area contributed by atoms with Crippen molar-refractivity contribution < 1.29 is 18.9 Å². The van der Waals surface area contributed by atoms with Crippen molar-refractivity contribution in [1.29, 1.82) is 0 Å². The zero-order valence-electron chi connectivity index (χ0n) is 6.90. The average molecular weight is 193 g/mol. The lowest BCUT2D eigenvalue weighted by Gasteiger charge is -2.20. The van der Waals surface area contributed by atoms with E-state index < -0.39 is 7.82 Å². The Hall–Kier alpha value is 0.110. The summed E-state index contributed by atoms with van der Waals surface area (Å²) in [5, 5.41) is 0. The molecule has 1 fully saturated rings. The molecule has 0 unspecified atom stereocenters.